The van der Waals surface area contributed by atoms with E-state index in [4.69, 9.17) is 16.3 Å². The van der Waals surface area contributed by atoms with Crippen LogP contribution in [0.25, 0.3) is 11.1 Å². The maximum atomic E-state index is 13.0. The topological polar surface area (TPSA) is 9.23 Å². The van der Waals surface area contributed by atoms with E-state index >= 15 is 0 Å². The summed E-state index contributed by atoms with van der Waals surface area (Å²) in [5.74, 6) is 0.477. The average molecular weight is 312 g/mol. The molecule has 0 spiro atoms. The fraction of sp³-hybridized carbons (Fsp3) is 0.188. The van der Waals surface area contributed by atoms with E-state index < -0.39 is 11.7 Å². The summed E-state index contributed by atoms with van der Waals surface area (Å²) in [6.07, 6.45) is -4.38. The Balaban J connectivity index is 2.19. The summed E-state index contributed by atoms with van der Waals surface area (Å²) in [7, 11) is 0. The maximum absolute atomic E-state index is 13.0. The zero-order valence-corrected chi connectivity index (χ0v) is 11.6. The molecule has 0 N–H and O–H groups in total. The van der Waals surface area contributed by atoms with Crippen molar-refractivity contribution >= 4 is 11.6 Å². The van der Waals surface area contributed by atoms with Gasteiger partial charge in [-0.2, -0.15) is 13.2 Å². The molecular formula is C16H11ClF3O. The number of ether oxygens (including phenoxy) is 1. The molecule has 0 fully saturated rings. The Morgan fingerprint density at radius 3 is 2.43 bits per heavy atom. The minimum absolute atomic E-state index is 0.366. The Bertz CT molecular complexity index is 677. The Hall–Kier alpha value is -1.68. The van der Waals surface area contributed by atoms with Gasteiger partial charge in [0.1, 0.15) is 11.9 Å². The standard InChI is InChI=1S/C16H11ClF3O/c1-9-6-11-7-12(16(18,19)20)8-14(15(11)21-9)10-2-4-13(17)5-3-10/h2-5,7-9H,1,6H2. The Labute approximate surface area is 125 Å². The van der Waals surface area contributed by atoms with Crippen molar-refractivity contribution < 1.29 is 17.9 Å². The zero-order chi connectivity index (χ0) is 15.2. The number of halogens is 4. The van der Waals surface area contributed by atoms with E-state index in [0.717, 1.165) is 12.1 Å². The van der Waals surface area contributed by atoms with E-state index in [1.54, 1.807) is 24.3 Å². The normalized spacial score (nSPS) is 17.5. The first-order valence-corrected chi connectivity index (χ1v) is 6.72. The van der Waals surface area contributed by atoms with Gasteiger partial charge in [-0.25, -0.2) is 0 Å². The predicted octanol–water partition coefficient (Wildman–Crippen LogP) is 5.16. The molecular weight excluding hydrogens is 301 g/mol. The van der Waals surface area contributed by atoms with Crippen molar-refractivity contribution in [1.29, 1.82) is 0 Å². The SMILES string of the molecule is [CH2]C1Cc2cc(C(F)(F)F)cc(-c3ccc(Cl)cc3)c2O1. The van der Waals surface area contributed by atoms with Crippen LogP contribution in [-0.2, 0) is 12.6 Å². The highest BCUT2D eigenvalue weighted by atomic mass is 35.5. The Morgan fingerprint density at radius 1 is 1.14 bits per heavy atom. The predicted molar refractivity (Wildman–Crippen MR) is 75.4 cm³/mol. The van der Waals surface area contributed by atoms with Gasteiger partial charge in [0.15, 0.2) is 0 Å². The first-order valence-electron chi connectivity index (χ1n) is 6.34. The molecule has 109 valence electrons. The fourth-order valence-electron chi connectivity index (χ4n) is 2.44. The van der Waals surface area contributed by atoms with Crippen LogP contribution in [0, 0.1) is 6.92 Å². The van der Waals surface area contributed by atoms with Crippen molar-refractivity contribution in [2.45, 2.75) is 18.7 Å². The van der Waals surface area contributed by atoms with Crippen molar-refractivity contribution in [1.82, 2.24) is 0 Å². The minimum atomic E-state index is -4.39. The summed E-state index contributed by atoms with van der Waals surface area (Å²) >= 11 is 5.82. The van der Waals surface area contributed by atoms with E-state index in [-0.39, 0.29) is 6.10 Å². The number of hydrogen-bond acceptors (Lipinski definition) is 1. The lowest BCUT2D eigenvalue weighted by Crippen LogP contribution is -2.06. The van der Waals surface area contributed by atoms with Gasteiger partial charge in [0.05, 0.1) is 5.56 Å². The third-order valence-electron chi connectivity index (χ3n) is 3.38. The van der Waals surface area contributed by atoms with E-state index in [0.29, 0.717) is 33.9 Å². The van der Waals surface area contributed by atoms with Crippen LogP contribution in [0.5, 0.6) is 5.75 Å². The molecule has 1 aliphatic heterocycles. The molecule has 0 saturated carbocycles. The highest BCUT2D eigenvalue weighted by Gasteiger charge is 2.34. The number of alkyl halides is 3. The van der Waals surface area contributed by atoms with Crippen molar-refractivity contribution in [3.05, 3.63) is 59.5 Å². The van der Waals surface area contributed by atoms with Crippen LogP contribution in [0.2, 0.25) is 5.02 Å². The summed E-state index contributed by atoms with van der Waals surface area (Å²) in [4.78, 5) is 0. The molecule has 0 saturated heterocycles. The molecule has 1 atom stereocenters. The molecule has 1 nitrogen and oxygen atoms in total. The Kier molecular flexibility index (Phi) is 3.36. The molecule has 1 unspecified atom stereocenters. The van der Waals surface area contributed by atoms with Crippen LogP contribution in [0.1, 0.15) is 11.1 Å². The number of rotatable bonds is 1. The maximum Gasteiger partial charge on any atom is 0.416 e. The van der Waals surface area contributed by atoms with Gasteiger partial charge in [0, 0.05) is 17.0 Å². The molecule has 0 amide bonds. The van der Waals surface area contributed by atoms with Gasteiger partial charge in [0.2, 0.25) is 0 Å². The lowest BCUT2D eigenvalue weighted by Gasteiger charge is -2.14. The lowest BCUT2D eigenvalue weighted by atomic mass is 9.97. The summed E-state index contributed by atoms with van der Waals surface area (Å²) in [6.45, 7) is 3.77. The zero-order valence-electron chi connectivity index (χ0n) is 10.9. The highest BCUT2D eigenvalue weighted by molar-refractivity contribution is 6.30. The minimum Gasteiger partial charge on any atom is -0.489 e. The number of benzene rings is 2. The lowest BCUT2D eigenvalue weighted by molar-refractivity contribution is -0.137. The molecule has 1 heterocycles. The summed E-state index contributed by atoms with van der Waals surface area (Å²) < 4.78 is 44.7. The van der Waals surface area contributed by atoms with Crippen molar-refractivity contribution in [3.8, 4) is 16.9 Å². The van der Waals surface area contributed by atoms with E-state index in [9.17, 15) is 13.2 Å². The molecule has 0 aromatic heterocycles. The third kappa shape index (κ3) is 2.72. The fourth-order valence-corrected chi connectivity index (χ4v) is 2.57. The van der Waals surface area contributed by atoms with Crippen LogP contribution in [0.15, 0.2) is 36.4 Å². The van der Waals surface area contributed by atoms with Gasteiger partial charge in [-0.1, -0.05) is 23.7 Å². The molecule has 0 bridgehead atoms. The monoisotopic (exact) mass is 311 g/mol. The van der Waals surface area contributed by atoms with Crippen molar-refractivity contribution in [2.75, 3.05) is 0 Å². The second-order valence-corrected chi connectivity index (χ2v) is 5.40. The van der Waals surface area contributed by atoms with Crippen LogP contribution in [-0.4, -0.2) is 6.10 Å². The van der Waals surface area contributed by atoms with Gasteiger partial charge < -0.3 is 4.74 Å². The van der Waals surface area contributed by atoms with Gasteiger partial charge in [-0.05, 0) is 42.3 Å². The number of hydrogen-bond donors (Lipinski definition) is 0. The highest BCUT2D eigenvalue weighted by Crippen LogP contribution is 2.43. The van der Waals surface area contributed by atoms with E-state index in [1.807, 2.05) is 0 Å². The van der Waals surface area contributed by atoms with Gasteiger partial charge >= 0.3 is 6.18 Å². The van der Waals surface area contributed by atoms with Crippen LogP contribution in [0.3, 0.4) is 0 Å². The molecule has 1 aliphatic rings. The first-order chi connectivity index (χ1) is 9.84. The summed E-state index contributed by atoms with van der Waals surface area (Å²) in [5, 5.41) is 0.526. The smallest absolute Gasteiger partial charge is 0.416 e. The summed E-state index contributed by atoms with van der Waals surface area (Å²) in [5.41, 5.74) is 0.914. The van der Waals surface area contributed by atoms with Crippen LogP contribution < -0.4 is 4.74 Å². The van der Waals surface area contributed by atoms with Crippen LogP contribution >= 0.6 is 11.6 Å². The second kappa shape index (κ2) is 4.95. The molecule has 1 radical (unpaired) electrons. The quantitative estimate of drug-likeness (QED) is 0.706. The molecule has 5 heteroatoms. The van der Waals surface area contributed by atoms with E-state index in [2.05, 4.69) is 6.92 Å². The molecule has 2 aromatic carbocycles. The molecule has 0 aliphatic carbocycles. The van der Waals surface area contributed by atoms with Crippen molar-refractivity contribution in [2.24, 2.45) is 0 Å². The molecule has 21 heavy (non-hydrogen) atoms. The second-order valence-electron chi connectivity index (χ2n) is 4.96. The first kappa shape index (κ1) is 14.3. The molecule has 2 aromatic rings. The largest absolute Gasteiger partial charge is 0.489 e. The van der Waals surface area contributed by atoms with Gasteiger partial charge in [-0.15, -0.1) is 0 Å². The molecule has 3 rings (SSSR count). The summed E-state index contributed by atoms with van der Waals surface area (Å²) in [6, 6.07) is 8.89. The van der Waals surface area contributed by atoms with Gasteiger partial charge in [-0.3, -0.25) is 0 Å². The van der Waals surface area contributed by atoms with E-state index in [1.165, 1.54) is 0 Å². The number of fused-ring (bicyclic) bond motifs is 1. The van der Waals surface area contributed by atoms with Crippen LogP contribution in [0.4, 0.5) is 13.2 Å². The van der Waals surface area contributed by atoms with Crippen molar-refractivity contribution in [3.63, 3.8) is 0 Å². The average Bonchev–Trinajstić information content (AvgIpc) is 2.77. The third-order valence-corrected chi connectivity index (χ3v) is 3.63. The van der Waals surface area contributed by atoms with Gasteiger partial charge in [0.25, 0.3) is 0 Å². The Morgan fingerprint density at radius 2 is 1.81 bits per heavy atom.